The summed E-state index contributed by atoms with van der Waals surface area (Å²) in [6.07, 6.45) is 2.39. The number of nitrogens with one attached hydrogen (secondary N) is 2. The van der Waals surface area contributed by atoms with E-state index >= 15 is 0 Å². The molecule has 0 aliphatic carbocycles. The lowest BCUT2D eigenvalue weighted by Gasteiger charge is -2.30. The number of hydrogen-bond donors (Lipinski definition) is 4. The van der Waals surface area contributed by atoms with E-state index < -0.39 is 12.2 Å². The van der Waals surface area contributed by atoms with Crippen LogP contribution in [-0.2, 0) is 9.59 Å². The van der Waals surface area contributed by atoms with E-state index in [4.69, 9.17) is 5.11 Å². The maximum Gasteiger partial charge on any atom is 0.317 e. The zero-order chi connectivity index (χ0) is 13.8. The standard InChI is InChI=1S/C12H21N3O4/c16-10(17)7-14-11(18)9-4-2-6-15(9)12(19)8-3-1-5-13-8/h8-9,11,13-14,18H,1-7H2,(H,16,17). The van der Waals surface area contributed by atoms with Crippen molar-refractivity contribution in [2.45, 2.75) is 44.0 Å². The van der Waals surface area contributed by atoms with E-state index in [0.29, 0.717) is 13.0 Å². The molecule has 3 atom stereocenters. The lowest BCUT2D eigenvalue weighted by atomic mass is 10.1. The van der Waals surface area contributed by atoms with Gasteiger partial charge in [0.05, 0.1) is 18.6 Å². The molecule has 0 aromatic heterocycles. The Morgan fingerprint density at radius 1 is 1.37 bits per heavy atom. The van der Waals surface area contributed by atoms with Crippen molar-refractivity contribution in [2.24, 2.45) is 0 Å². The van der Waals surface area contributed by atoms with Gasteiger partial charge >= 0.3 is 5.97 Å². The predicted octanol–water partition coefficient (Wildman–Crippen LogP) is -1.28. The fourth-order valence-corrected chi connectivity index (χ4v) is 2.82. The van der Waals surface area contributed by atoms with Crippen LogP contribution in [0.4, 0.5) is 0 Å². The van der Waals surface area contributed by atoms with E-state index in [0.717, 1.165) is 25.8 Å². The molecule has 4 N–H and O–H groups in total. The Morgan fingerprint density at radius 3 is 2.79 bits per heavy atom. The van der Waals surface area contributed by atoms with Crippen LogP contribution in [0, 0.1) is 0 Å². The molecule has 0 aromatic carbocycles. The Bertz CT molecular complexity index is 344. The van der Waals surface area contributed by atoms with Crippen LogP contribution in [0.25, 0.3) is 0 Å². The van der Waals surface area contributed by atoms with Crippen LogP contribution in [0.1, 0.15) is 25.7 Å². The summed E-state index contributed by atoms with van der Waals surface area (Å²) in [6, 6.07) is -0.471. The molecule has 7 nitrogen and oxygen atoms in total. The number of carboxylic acids is 1. The van der Waals surface area contributed by atoms with E-state index in [1.165, 1.54) is 0 Å². The van der Waals surface area contributed by atoms with Gasteiger partial charge in [-0.1, -0.05) is 0 Å². The molecule has 0 radical (unpaired) electrons. The molecule has 1 amide bonds. The fourth-order valence-electron chi connectivity index (χ4n) is 2.82. The van der Waals surface area contributed by atoms with E-state index in [2.05, 4.69) is 10.6 Å². The van der Waals surface area contributed by atoms with Crippen molar-refractivity contribution in [2.75, 3.05) is 19.6 Å². The van der Waals surface area contributed by atoms with Gasteiger partial charge in [-0.25, -0.2) is 0 Å². The van der Waals surface area contributed by atoms with E-state index in [-0.39, 0.29) is 24.5 Å². The molecule has 0 saturated carbocycles. The Balaban J connectivity index is 1.91. The zero-order valence-electron chi connectivity index (χ0n) is 10.8. The van der Waals surface area contributed by atoms with Crippen molar-refractivity contribution in [1.29, 1.82) is 0 Å². The quantitative estimate of drug-likeness (QED) is 0.465. The summed E-state index contributed by atoms with van der Waals surface area (Å²) >= 11 is 0. The number of amides is 1. The van der Waals surface area contributed by atoms with Gasteiger partial charge in [0.2, 0.25) is 5.91 Å². The highest BCUT2D eigenvalue weighted by Crippen LogP contribution is 2.22. The van der Waals surface area contributed by atoms with Gasteiger partial charge in [-0.3, -0.25) is 14.9 Å². The van der Waals surface area contributed by atoms with E-state index in [1.807, 2.05) is 0 Å². The molecule has 0 aromatic rings. The van der Waals surface area contributed by atoms with Crippen LogP contribution < -0.4 is 10.6 Å². The molecule has 3 unspecified atom stereocenters. The van der Waals surface area contributed by atoms with Gasteiger partial charge < -0.3 is 20.4 Å². The Morgan fingerprint density at radius 2 is 2.16 bits per heavy atom. The first kappa shape index (κ1) is 14.2. The maximum absolute atomic E-state index is 12.3. The summed E-state index contributed by atoms with van der Waals surface area (Å²) in [4.78, 5) is 24.5. The van der Waals surface area contributed by atoms with Crippen molar-refractivity contribution < 1.29 is 19.8 Å². The van der Waals surface area contributed by atoms with Gasteiger partial charge in [0, 0.05) is 6.54 Å². The van der Waals surface area contributed by atoms with Gasteiger partial charge in [-0.2, -0.15) is 0 Å². The summed E-state index contributed by atoms with van der Waals surface area (Å²) in [5.41, 5.74) is 0. The molecule has 19 heavy (non-hydrogen) atoms. The number of carboxylic acid groups (broad SMARTS) is 1. The molecule has 0 spiro atoms. The number of nitrogens with zero attached hydrogens (tertiary/aromatic N) is 1. The van der Waals surface area contributed by atoms with Gasteiger partial charge in [-0.15, -0.1) is 0 Å². The lowest BCUT2D eigenvalue weighted by Crippen LogP contribution is -2.53. The zero-order valence-corrected chi connectivity index (χ0v) is 10.8. The topological polar surface area (TPSA) is 102 Å². The molecule has 2 heterocycles. The van der Waals surface area contributed by atoms with Crippen LogP contribution in [-0.4, -0.2) is 64.9 Å². The summed E-state index contributed by atoms with van der Waals surface area (Å²) in [5.74, 6) is -0.997. The molecule has 2 aliphatic rings. The van der Waals surface area contributed by atoms with Crippen LogP contribution in [0.3, 0.4) is 0 Å². The second-order valence-electron chi connectivity index (χ2n) is 5.11. The summed E-state index contributed by atoms with van der Waals surface area (Å²) < 4.78 is 0. The molecule has 7 heteroatoms. The van der Waals surface area contributed by atoms with E-state index in [1.54, 1.807) is 4.90 Å². The highest BCUT2D eigenvalue weighted by Gasteiger charge is 2.37. The Kier molecular flexibility index (Phi) is 4.73. The molecular formula is C12H21N3O4. The minimum absolute atomic E-state index is 0.0242. The minimum atomic E-state index is -1.02. The number of aliphatic hydroxyl groups is 1. The molecule has 2 aliphatic heterocycles. The number of likely N-dealkylation sites (tertiary alicyclic amines) is 1. The minimum Gasteiger partial charge on any atom is -0.480 e. The highest BCUT2D eigenvalue weighted by molar-refractivity contribution is 5.82. The third-order valence-electron chi connectivity index (χ3n) is 3.77. The number of rotatable bonds is 5. The first-order valence-electron chi connectivity index (χ1n) is 6.76. The SMILES string of the molecule is O=C(O)CNC(O)C1CCCN1C(=O)C1CCCN1. The van der Waals surface area contributed by atoms with Crippen molar-refractivity contribution in [3.05, 3.63) is 0 Å². The third-order valence-corrected chi connectivity index (χ3v) is 3.77. The number of hydrogen-bond acceptors (Lipinski definition) is 5. The van der Waals surface area contributed by atoms with Crippen LogP contribution >= 0.6 is 0 Å². The van der Waals surface area contributed by atoms with Crippen molar-refractivity contribution in [3.8, 4) is 0 Å². The Labute approximate surface area is 112 Å². The molecular weight excluding hydrogens is 250 g/mol. The predicted molar refractivity (Wildman–Crippen MR) is 67.4 cm³/mol. The molecule has 2 fully saturated rings. The average Bonchev–Trinajstić information content (AvgIpc) is 3.05. The molecule has 108 valence electrons. The number of carbonyl (C=O) groups is 2. The monoisotopic (exact) mass is 271 g/mol. The highest BCUT2D eigenvalue weighted by atomic mass is 16.4. The summed E-state index contributed by atoms with van der Waals surface area (Å²) in [6.45, 7) is 1.18. The van der Waals surface area contributed by atoms with Crippen LogP contribution in [0.5, 0.6) is 0 Å². The van der Waals surface area contributed by atoms with Crippen molar-refractivity contribution in [1.82, 2.24) is 15.5 Å². The van der Waals surface area contributed by atoms with Crippen molar-refractivity contribution in [3.63, 3.8) is 0 Å². The normalized spacial score (nSPS) is 28.6. The molecule has 2 rings (SSSR count). The third kappa shape index (κ3) is 3.43. The lowest BCUT2D eigenvalue weighted by molar-refractivity contribution is -0.138. The fraction of sp³-hybridized carbons (Fsp3) is 0.833. The second-order valence-corrected chi connectivity index (χ2v) is 5.11. The van der Waals surface area contributed by atoms with Gasteiger partial charge in [-0.05, 0) is 32.2 Å². The number of aliphatic carboxylic acids is 1. The first-order chi connectivity index (χ1) is 9.09. The number of carbonyl (C=O) groups excluding carboxylic acids is 1. The molecule has 2 saturated heterocycles. The maximum atomic E-state index is 12.3. The number of aliphatic hydroxyl groups excluding tert-OH is 1. The van der Waals surface area contributed by atoms with E-state index in [9.17, 15) is 14.7 Å². The van der Waals surface area contributed by atoms with Gasteiger partial charge in [0.15, 0.2) is 0 Å². The smallest absolute Gasteiger partial charge is 0.317 e. The van der Waals surface area contributed by atoms with Crippen LogP contribution in [0.2, 0.25) is 0 Å². The Hall–Kier alpha value is -1.18. The van der Waals surface area contributed by atoms with Crippen molar-refractivity contribution >= 4 is 11.9 Å². The average molecular weight is 271 g/mol. The van der Waals surface area contributed by atoms with Gasteiger partial charge in [0.25, 0.3) is 0 Å². The first-order valence-corrected chi connectivity index (χ1v) is 6.76. The molecule has 0 bridgehead atoms. The summed E-state index contributed by atoms with van der Waals surface area (Å²) in [5, 5.41) is 24.3. The van der Waals surface area contributed by atoms with Gasteiger partial charge in [0.1, 0.15) is 6.23 Å². The van der Waals surface area contributed by atoms with Crippen LogP contribution in [0.15, 0.2) is 0 Å². The second kappa shape index (κ2) is 6.31. The largest absolute Gasteiger partial charge is 0.480 e. The summed E-state index contributed by atoms with van der Waals surface area (Å²) in [7, 11) is 0.